The van der Waals surface area contributed by atoms with Crippen LogP contribution in [0.4, 0.5) is 5.00 Å². The lowest BCUT2D eigenvalue weighted by Gasteiger charge is -2.37. The summed E-state index contributed by atoms with van der Waals surface area (Å²) in [6.45, 7) is 7.09. The first-order chi connectivity index (χ1) is 14.2. The molecule has 2 aromatic rings. The van der Waals surface area contributed by atoms with Crippen LogP contribution >= 0.6 is 11.3 Å². The van der Waals surface area contributed by atoms with E-state index in [1.54, 1.807) is 18.4 Å². The number of methoxy groups -OCH3 is 1. The number of aliphatic imine (C=N–C) groups is 1. The maximum Gasteiger partial charge on any atom is 0.242 e. The van der Waals surface area contributed by atoms with Gasteiger partial charge in [-0.05, 0) is 42.1 Å². The minimum absolute atomic E-state index is 0.0894. The van der Waals surface area contributed by atoms with Gasteiger partial charge in [-0.15, -0.1) is 11.3 Å². The van der Waals surface area contributed by atoms with E-state index in [1.807, 2.05) is 31.2 Å². The number of carbonyl (C=O) groups excluding carboxylic acids is 1. The van der Waals surface area contributed by atoms with Crippen LogP contribution < -0.4 is 20.3 Å². The molecule has 156 valence electrons. The number of ether oxygens (including phenoxy) is 1. The van der Waals surface area contributed by atoms with Crippen LogP contribution in [0.2, 0.25) is 0 Å². The van der Waals surface area contributed by atoms with Crippen molar-refractivity contribution in [2.45, 2.75) is 13.5 Å². The maximum atomic E-state index is 12.2. The Morgan fingerprint density at radius 1 is 1.14 bits per heavy atom. The van der Waals surface area contributed by atoms with E-state index in [2.05, 4.69) is 42.9 Å². The topological polar surface area (TPSA) is 69.2 Å². The van der Waals surface area contributed by atoms with E-state index in [0.29, 0.717) is 6.54 Å². The molecule has 1 saturated heterocycles. The second-order valence-electron chi connectivity index (χ2n) is 6.72. The third-order valence-corrected chi connectivity index (χ3v) is 5.68. The van der Waals surface area contributed by atoms with E-state index in [-0.39, 0.29) is 12.5 Å². The van der Waals surface area contributed by atoms with E-state index in [9.17, 15) is 4.79 Å². The molecular formula is C21H29N5O2S. The zero-order valence-corrected chi connectivity index (χ0v) is 17.9. The van der Waals surface area contributed by atoms with Crippen molar-refractivity contribution in [2.24, 2.45) is 4.99 Å². The van der Waals surface area contributed by atoms with Gasteiger partial charge in [0.1, 0.15) is 12.3 Å². The van der Waals surface area contributed by atoms with Crippen LogP contribution in [0.1, 0.15) is 12.5 Å². The largest absolute Gasteiger partial charge is 0.497 e. The Morgan fingerprint density at radius 3 is 2.52 bits per heavy atom. The highest BCUT2D eigenvalue weighted by molar-refractivity contribution is 7.14. The highest BCUT2D eigenvalue weighted by Gasteiger charge is 2.20. The van der Waals surface area contributed by atoms with Gasteiger partial charge in [0.25, 0.3) is 0 Å². The Labute approximate surface area is 176 Å². The number of guanidine groups is 1. The molecule has 3 rings (SSSR count). The molecule has 0 bridgehead atoms. The number of amides is 1. The Kier molecular flexibility index (Phi) is 7.75. The zero-order valence-electron chi connectivity index (χ0n) is 17.1. The molecule has 1 aromatic carbocycles. The molecule has 29 heavy (non-hydrogen) atoms. The minimum Gasteiger partial charge on any atom is -0.497 e. The fourth-order valence-electron chi connectivity index (χ4n) is 3.16. The lowest BCUT2D eigenvalue weighted by atomic mass is 10.2. The van der Waals surface area contributed by atoms with Crippen molar-refractivity contribution in [3.8, 4) is 5.75 Å². The standard InChI is InChI=1S/C21H29N5O2S/c1-3-22-21(26-12-10-25(11-13-26)20-5-4-14-29-20)24-16-19(27)23-15-17-6-8-18(28-2)9-7-17/h4-9,14H,3,10-13,15-16H2,1-2H3,(H,22,24)(H,23,27). The quantitative estimate of drug-likeness (QED) is 0.536. The lowest BCUT2D eigenvalue weighted by molar-refractivity contribution is -0.119. The van der Waals surface area contributed by atoms with Crippen molar-refractivity contribution in [3.63, 3.8) is 0 Å². The molecule has 2 heterocycles. The van der Waals surface area contributed by atoms with E-state index in [1.165, 1.54) is 5.00 Å². The normalized spacial score (nSPS) is 14.6. The van der Waals surface area contributed by atoms with Crippen LogP contribution in [0.3, 0.4) is 0 Å². The first kappa shape index (κ1) is 21.0. The summed E-state index contributed by atoms with van der Waals surface area (Å²) >= 11 is 1.77. The summed E-state index contributed by atoms with van der Waals surface area (Å²) in [5, 5.41) is 9.65. The smallest absolute Gasteiger partial charge is 0.242 e. The number of hydrogen-bond acceptors (Lipinski definition) is 5. The van der Waals surface area contributed by atoms with Crippen molar-refractivity contribution >= 4 is 28.2 Å². The number of nitrogens with zero attached hydrogens (tertiary/aromatic N) is 3. The second kappa shape index (κ2) is 10.7. The molecule has 0 aliphatic carbocycles. The van der Waals surface area contributed by atoms with Crippen LogP contribution in [-0.4, -0.2) is 63.1 Å². The average Bonchev–Trinajstić information content (AvgIpc) is 3.30. The molecule has 1 aliphatic heterocycles. The predicted octanol–water partition coefficient (Wildman–Crippen LogP) is 2.16. The van der Waals surface area contributed by atoms with Crippen molar-refractivity contribution in [1.82, 2.24) is 15.5 Å². The van der Waals surface area contributed by atoms with Crippen LogP contribution in [0.15, 0.2) is 46.8 Å². The Balaban J connectivity index is 1.48. The van der Waals surface area contributed by atoms with Crippen LogP contribution in [-0.2, 0) is 11.3 Å². The molecule has 0 spiro atoms. The summed E-state index contributed by atoms with van der Waals surface area (Å²) in [5.41, 5.74) is 1.03. The maximum absolute atomic E-state index is 12.2. The van der Waals surface area contributed by atoms with Crippen molar-refractivity contribution in [2.75, 3.05) is 51.3 Å². The molecule has 8 heteroatoms. The van der Waals surface area contributed by atoms with E-state index < -0.39 is 0 Å². The first-order valence-electron chi connectivity index (χ1n) is 9.91. The molecule has 0 unspecified atom stereocenters. The van der Waals surface area contributed by atoms with Crippen molar-refractivity contribution in [3.05, 3.63) is 47.3 Å². The summed E-state index contributed by atoms with van der Waals surface area (Å²) < 4.78 is 5.15. The van der Waals surface area contributed by atoms with Gasteiger partial charge in [0.15, 0.2) is 5.96 Å². The number of hydrogen-bond donors (Lipinski definition) is 2. The van der Waals surface area contributed by atoms with Crippen molar-refractivity contribution in [1.29, 1.82) is 0 Å². The van der Waals surface area contributed by atoms with Gasteiger partial charge in [0, 0.05) is 39.3 Å². The number of rotatable bonds is 7. The van der Waals surface area contributed by atoms with E-state index >= 15 is 0 Å². The Bertz CT molecular complexity index is 784. The van der Waals surface area contributed by atoms with Gasteiger partial charge in [-0.3, -0.25) is 4.79 Å². The third kappa shape index (κ3) is 6.12. The fraction of sp³-hybridized carbons (Fsp3) is 0.429. The summed E-state index contributed by atoms with van der Waals surface area (Å²) in [6.07, 6.45) is 0. The summed E-state index contributed by atoms with van der Waals surface area (Å²) in [6, 6.07) is 11.9. The molecule has 1 amide bonds. The van der Waals surface area contributed by atoms with Crippen LogP contribution in [0, 0.1) is 0 Å². The number of thiophene rings is 1. The molecule has 7 nitrogen and oxygen atoms in total. The van der Waals surface area contributed by atoms with Gasteiger partial charge in [-0.1, -0.05) is 12.1 Å². The molecule has 1 aliphatic rings. The molecular weight excluding hydrogens is 386 g/mol. The van der Waals surface area contributed by atoms with Gasteiger partial charge in [0.05, 0.1) is 12.1 Å². The molecule has 1 fully saturated rings. The van der Waals surface area contributed by atoms with Crippen LogP contribution in [0.25, 0.3) is 0 Å². The molecule has 1 aromatic heterocycles. The Hall–Kier alpha value is -2.74. The van der Waals surface area contributed by atoms with Crippen LogP contribution in [0.5, 0.6) is 5.75 Å². The highest BCUT2D eigenvalue weighted by Crippen LogP contribution is 2.22. The van der Waals surface area contributed by atoms with Gasteiger partial charge in [-0.25, -0.2) is 4.99 Å². The summed E-state index contributed by atoms with van der Waals surface area (Å²) in [4.78, 5) is 21.4. The van der Waals surface area contributed by atoms with Crippen molar-refractivity contribution < 1.29 is 9.53 Å². The van der Waals surface area contributed by atoms with Gasteiger partial charge in [-0.2, -0.15) is 0 Å². The monoisotopic (exact) mass is 415 g/mol. The number of carbonyl (C=O) groups is 1. The predicted molar refractivity (Wildman–Crippen MR) is 119 cm³/mol. The van der Waals surface area contributed by atoms with E-state index in [4.69, 9.17) is 4.74 Å². The minimum atomic E-state index is -0.0894. The SMILES string of the molecule is CCNC(=NCC(=O)NCc1ccc(OC)cc1)N1CCN(c2cccs2)CC1. The molecule has 0 atom stereocenters. The number of piperazine rings is 1. The average molecular weight is 416 g/mol. The molecule has 0 saturated carbocycles. The summed E-state index contributed by atoms with van der Waals surface area (Å²) in [7, 11) is 1.64. The molecule has 2 N–H and O–H groups in total. The number of benzene rings is 1. The van der Waals surface area contributed by atoms with Gasteiger partial charge in [0.2, 0.25) is 5.91 Å². The third-order valence-electron chi connectivity index (χ3n) is 4.75. The lowest BCUT2D eigenvalue weighted by Crippen LogP contribution is -2.52. The highest BCUT2D eigenvalue weighted by atomic mass is 32.1. The first-order valence-corrected chi connectivity index (χ1v) is 10.8. The fourth-order valence-corrected chi connectivity index (χ4v) is 3.95. The van der Waals surface area contributed by atoms with Gasteiger partial charge < -0.3 is 25.2 Å². The zero-order chi connectivity index (χ0) is 20.5. The van der Waals surface area contributed by atoms with E-state index in [0.717, 1.165) is 50.0 Å². The molecule has 0 radical (unpaired) electrons. The Morgan fingerprint density at radius 2 is 1.90 bits per heavy atom. The number of anilines is 1. The van der Waals surface area contributed by atoms with Gasteiger partial charge >= 0.3 is 0 Å². The second-order valence-corrected chi connectivity index (χ2v) is 7.65. The number of nitrogens with one attached hydrogen (secondary N) is 2. The summed E-state index contributed by atoms with van der Waals surface area (Å²) in [5.74, 6) is 1.52.